The van der Waals surface area contributed by atoms with Gasteiger partial charge in [0.25, 0.3) is 0 Å². The van der Waals surface area contributed by atoms with Crippen molar-refractivity contribution in [1.29, 1.82) is 0 Å². The Kier molecular flexibility index (Phi) is 4.68. The normalized spacial score (nSPS) is 20.0. The van der Waals surface area contributed by atoms with Gasteiger partial charge in [0.15, 0.2) is 0 Å². The van der Waals surface area contributed by atoms with E-state index in [4.69, 9.17) is 21.8 Å². The van der Waals surface area contributed by atoms with Crippen molar-refractivity contribution in [1.82, 2.24) is 15.1 Å². The molecule has 1 aliphatic rings. The van der Waals surface area contributed by atoms with Crippen LogP contribution in [-0.2, 0) is 16.8 Å². The molecule has 7 heteroatoms. The first-order chi connectivity index (χ1) is 13.1. The van der Waals surface area contributed by atoms with Gasteiger partial charge in [-0.15, -0.1) is 10.2 Å². The van der Waals surface area contributed by atoms with E-state index in [-0.39, 0.29) is 5.91 Å². The Bertz CT molecular complexity index is 942. The molecule has 1 aromatic heterocycles. The summed E-state index contributed by atoms with van der Waals surface area (Å²) in [5.41, 5.74) is 6.87. The Balaban J connectivity index is 1.50. The molecule has 0 spiro atoms. The number of rotatable bonds is 5. The first-order valence-corrected chi connectivity index (χ1v) is 9.11. The van der Waals surface area contributed by atoms with Gasteiger partial charge in [-0.2, -0.15) is 0 Å². The zero-order chi connectivity index (χ0) is 18.9. The molecule has 1 unspecified atom stereocenters. The molecule has 0 radical (unpaired) electrons. The highest BCUT2D eigenvalue weighted by atomic mass is 35.5. The van der Waals surface area contributed by atoms with Crippen molar-refractivity contribution in [3.63, 3.8) is 0 Å². The second-order valence-electron chi connectivity index (χ2n) is 6.78. The number of likely N-dealkylation sites (tertiary alicyclic amines) is 1. The topological polar surface area (TPSA) is 85.3 Å². The van der Waals surface area contributed by atoms with E-state index < -0.39 is 5.41 Å². The average molecular weight is 383 g/mol. The van der Waals surface area contributed by atoms with Crippen LogP contribution in [0.4, 0.5) is 0 Å². The van der Waals surface area contributed by atoms with Crippen molar-refractivity contribution in [2.75, 3.05) is 13.1 Å². The van der Waals surface area contributed by atoms with Gasteiger partial charge in [0.1, 0.15) is 0 Å². The summed E-state index contributed by atoms with van der Waals surface area (Å²) in [6.07, 6.45) is 0.671. The van der Waals surface area contributed by atoms with Crippen molar-refractivity contribution < 1.29 is 9.21 Å². The first-order valence-electron chi connectivity index (χ1n) is 8.73. The Morgan fingerprint density at radius 3 is 2.59 bits per heavy atom. The van der Waals surface area contributed by atoms with E-state index in [1.54, 1.807) is 12.1 Å². The largest absolute Gasteiger partial charge is 0.419 e. The number of aromatic nitrogens is 2. The highest BCUT2D eigenvalue weighted by molar-refractivity contribution is 6.30. The van der Waals surface area contributed by atoms with Gasteiger partial charge in [-0.25, -0.2) is 0 Å². The lowest BCUT2D eigenvalue weighted by atomic mass is 9.79. The Morgan fingerprint density at radius 2 is 1.89 bits per heavy atom. The fourth-order valence-corrected chi connectivity index (χ4v) is 3.70. The Labute approximate surface area is 161 Å². The molecule has 1 fully saturated rings. The number of nitrogens with zero attached hydrogens (tertiary/aromatic N) is 3. The van der Waals surface area contributed by atoms with Crippen molar-refractivity contribution in [3.8, 4) is 11.5 Å². The van der Waals surface area contributed by atoms with E-state index >= 15 is 0 Å². The minimum Gasteiger partial charge on any atom is -0.419 e. The monoisotopic (exact) mass is 382 g/mol. The van der Waals surface area contributed by atoms with Crippen LogP contribution in [0.3, 0.4) is 0 Å². The highest BCUT2D eigenvalue weighted by Gasteiger charge is 2.44. The molecule has 1 saturated heterocycles. The molecule has 4 rings (SSSR count). The second kappa shape index (κ2) is 7.13. The van der Waals surface area contributed by atoms with Gasteiger partial charge < -0.3 is 10.2 Å². The van der Waals surface area contributed by atoms with Gasteiger partial charge >= 0.3 is 0 Å². The number of hydrogen-bond acceptors (Lipinski definition) is 5. The molecule has 0 saturated carbocycles. The molecular formula is C20H19ClN4O2. The van der Waals surface area contributed by atoms with Crippen LogP contribution in [0.1, 0.15) is 17.9 Å². The SMILES string of the molecule is NC(=O)C1(c2ccccc2)CCN(Cc2nnc(-c3ccc(Cl)cc3)o2)C1. The third-order valence-corrected chi connectivity index (χ3v) is 5.32. The zero-order valence-corrected chi connectivity index (χ0v) is 15.4. The summed E-state index contributed by atoms with van der Waals surface area (Å²) < 4.78 is 5.78. The van der Waals surface area contributed by atoms with Crippen LogP contribution in [0.15, 0.2) is 59.0 Å². The average Bonchev–Trinajstić information content (AvgIpc) is 3.32. The second-order valence-corrected chi connectivity index (χ2v) is 7.22. The lowest BCUT2D eigenvalue weighted by Gasteiger charge is -2.26. The van der Waals surface area contributed by atoms with Crippen LogP contribution in [0.2, 0.25) is 5.02 Å². The van der Waals surface area contributed by atoms with Gasteiger partial charge in [0.2, 0.25) is 17.7 Å². The van der Waals surface area contributed by atoms with E-state index in [0.717, 1.165) is 17.7 Å². The van der Waals surface area contributed by atoms with Crippen molar-refractivity contribution in [2.45, 2.75) is 18.4 Å². The molecule has 138 valence electrons. The van der Waals surface area contributed by atoms with Crippen LogP contribution in [0, 0.1) is 0 Å². The highest BCUT2D eigenvalue weighted by Crippen LogP contribution is 2.35. The predicted molar refractivity (Wildman–Crippen MR) is 102 cm³/mol. The molecule has 27 heavy (non-hydrogen) atoms. The molecule has 2 N–H and O–H groups in total. The molecule has 6 nitrogen and oxygen atoms in total. The first kappa shape index (κ1) is 17.7. The molecule has 0 aliphatic carbocycles. The van der Waals surface area contributed by atoms with Crippen LogP contribution in [0.25, 0.3) is 11.5 Å². The maximum Gasteiger partial charge on any atom is 0.247 e. The third kappa shape index (κ3) is 3.46. The van der Waals surface area contributed by atoms with Gasteiger partial charge in [-0.3, -0.25) is 9.69 Å². The molecule has 2 heterocycles. The minimum absolute atomic E-state index is 0.302. The summed E-state index contributed by atoms with van der Waals surface area (Å²) in [5.74, 6) is 0.655. The lowest BCUT2D eigenvalue weighted by molar-refractivity contribution is -0.123. The van der Waals surface area contributed by atoms with Gasteiger partial charge in [-0.1, -0.05) is 41.9 Å². The van der Waals surface area contributed by atoms with Gasteiger partial charge in [0, 0.05) is 23.7 Å². The van der Waals surface area contributed by atoms with E-state index in [9.17, 15) is 4.79 Å². The number of hydrogen-bond donors (Lipinski definition) is 1. The van der Waals surface area contributed by atoms with Crippen molar-refractivity contribution in [3.05, 3.63) is 71.1 Å². The quantitative estimate of drug-likeness (QED) is 0.733. The smallest absolute Gasteiger partial charge is 0.247 e. The minimum atomic E-state index is -0.680. The fraction of sp³-hybridized carbons (Fsp3) is 0.250. The number of primary amides is 1. The van der Waals surface area contributed by atoms with Crippen molar-refractivity contribution in [2.24, 2.45) is 5.73 Å². The van der Waals surface area contributed by atoms with Crippen LogP contribution in [-0.4, -0.2) is 34.1 Å². The maximum atomic E-state index is 12.3. The molecule has 1 aliphatic heterocycles. The fourth-order valence-electron chi connectivity index (χ4n) is 3.58. The van der Waals surface area contributed by atoms with Crippen LogP contribution < -0.4 is 5.73 Å². The molecular weight excluding hydrogens is 364 g/mol. The van der Waals surface area contributed by atoms with Crippen molar-refractivity contribution >= 4 is 17.5 Å². The molecule has 1 atom stereocenters. The van der Waals surface area contributed by atoms with Crippen LogP contribution >= 0.6 is 11.6 Å². The number of amides is 1. The summed E-state index contributed by atoms with van der Waals surface area (Å²) in [4.78, 5) is 14.4. The van der Waals surface area contributed by atoms with E-state index in [2.05, 4.69) is 15.1 Å². The zero-order valence-electron chi connectivity index (χ0n) is 14.6. The standard InChI is InChI=1S/C20H19ClN4O2/c21-16-8-6-14(7-9-16)18-24-23-17(27-18)12-25-11-10-20(13-25,19(22)26)15-4-2-1-3-5-15/h1-9H,10-13H2,(H2,22,26). The lowest BCUT2D eigenvalue weighted by Crippen LogP contribution is -2.43. The van der Waals surface area contributed by atoms with Crippen LogP contribution in [0.5, 0.6) is 0 Å². The number of nitrogens with two attached hydrogens (primary N) is 1. The van der Waals surface area contributed by atoms with E-state index in [1.165, 1.54) is 0 Å². The third-order valence-electron chi connectivity index (χ3n) is 5.06. The molecule has 0 bridgehead atoms. The Hall–Kier alpha value is -2.70. The predicted octanol–water partition coefficient (Wildman–Crippen LogP) is 3.02. The van der Waals surface area contributed by atoms with E-state index in [0.29, 0.717) is 36.3 Å². The summed E-state index contributed by atoms with van der Waals surface area (Å²) in [5, 5.41) is 8.90. The number of carbonyl (C=O) groups excluding carboxylic acids is 1. The Morgan fingerprint density at radius 1 is 1.15 bits per heavy atom. The summed E-state index contributed by atoms with van der Waals surface area (Å²) in [7, 11) is 0. The number of benzene rings is 2. The molecule has 3 aromatic rings. The maximum absolute atomic E-state index is 12.3. The van der Waals surface area contributed by atoms with Gasteiger partial charge in [0.05, 0.1) is 12.0 Å². The number of carbonyl (C=O) groups is 1. The summed E-state index contributed by atoms with van der Waals surface area (Å²) in [6.45, 7) is 1.74. The van der Waals surface area contributed by atoms with E-state index in [1.807, 2.05) is 42.5 Å². The summed E-state index contributed by atoms with van der Waals surface area (Å²) in [6, 6.07) is 16.9. The number of halogens is 1. The summed E-state index contributed by atoms with van der Waals surface area (Å²) >= 11 is 5.91. The van der Waals surface area contributed by atoms with Gasteiger partial charge in [-0.05, 0) is 36.2 Å². The molecule has 1 amide bonds. The molecule has 2 aromatic carbocycles.